The summed E-state index contributed by atoms with van der Waals surface area (Å²) in [4.78, 5) is 0. The third kappa shape index (κ3) is 4.11. The van der Waals surface area contributed by atoms with Crippen molar-refractivity contribution in [3.8, 4) is 5.75 Å². The zero-order chi connectivity index (χ0) is 13.7. The van der Waals surface area contributed by atoms with Crippen molar-refractivity contribution in [3.05, 3.63) is 65.2 Å². The topological polar surface area (TPSA) is 46.2 Å². The van der Waals surface area contributed by atoms with Gasteiger partial charge in [0.05, 0.1) is 0 Å². The first-order valence-electron chi connectivity index (χ1n) is 6.71. The Bertz CT molecular complexity index is 519. The van der Waals surface area contributed by atoms with E-state index in [0.717, 1.165) is 18.4 Å². The predicted octanol–water partition coefficient (Wildman–Crippen LogP) is 3.06. The fourth-order valence-electron chi connectivity index (χ4n) is 2.31. The van der Waals surface area contributed by atoms with Crippen LogP contribution in [0.3, 0.4) is 0 Å². The molecule has 0 saturated carbocycles. The number of hydrogen-bond acceptors (Lipinski definition) is 2. The van der Waals surface area contributed by atoms with Crippen molar-refractivity contribution in [2.75, 3.05) is 6.54 Å². The number of aromatic hydroxyl groups is 1. The third-order valence-corrected chi connectivity index (χ3v) is 3.41. The van der Waals surface area contributed by atoms with Gasteiger partial charge in [0.2, 0.25) is 0 Å². The van der Waals surface area contributed by atoms with E-state index in [4.69, 9.17) is 5.73 Å². The molecular weight excluding hydrogens is 234 g/mol. The molecule has 2 heteroatoms. The lowest BCUT2D eigenvalue weighted by molar-refractivity contribution is 0.472. The molecule has 2 nitrogen and oxygen atoms in total. The number of phenolic OH excluding ortho intramolecular Hbond substituents is 1. The van der Waals surface area contributed by atoms with E-state index < -0.39 is 0 Å². The summed E-state index contributed by atoms with van der Waals surface area (Å²) in [5.74, 6) is 0.730. The summed E-state index contributed by atoms with van der Waals surface area (Å²) in [6, 6.07) is 16.0. The Balaban J connectivity index is 2.02. The summed E-state index contributed by atoms with van der Waals surface area (Å²) < 4.78 is 0. The van der Waals surface area contributed by atoms with Crippen LogP contribution in [0.25, 0.3) is 0 Å². The van der Waals surface area contributed by atoms with Gasteiger partial charge in [-0.3, -0.25) is 0 Å². The molecule has 2 rings (SSSR count). The lowest BCUT2D eigenvalue weighted by Gasteiger charge is -2.15. The molecule has 0 radical (unpaired) electrons. The number of hydrogen-bond donors (Lipinski definition) is 2. The Morgan fingerprint density at radius 3 is 2.32 bits per heavy atom. The molecule has 1 unspecified atom stereocenters. The maximum atomic E-state index is 9.49. The molecule has 0 heterocycles. The molecular formula is C17H21NO. The average Bonchev–Trinajstić information content (AvgIpc) is 2.40. The van der Waals surface area contributed by atoms with Crippen LogP contribution in [-0.2, 0) is 12.8 Å². The average molecular weight is 255 g/mol. The summed E-state index contributed by atoms with van der Waals surface area (Å²) in [5, 5.41) is 9.49. The standard InChI is InChI=1S/C17H21NO/c1-13-5-7-14(8-6-13)9-16(12-18)10-15-3-2-4-17(19)11-15/h2-8,11,16,19H,9-10,12,18H2,1H3. The number of rotatable bonds is 5. The molecule has 2 aromatic rings. The minimum Gasteiger partial charge on any atom is -0.508 e. The molecule has 2 aromatic carbocycles. The van der Waals surface area contributed by atoms with Crippen LogP contribution in [0.5, 0.6) is 5.75 Å². The fraction of sp³-hybridized carbons (Fsp3) is 0.294. The normalized spacial score (nSPS) is 12.3. The van der Waals surface area contributed by atoms with Gasteiger partial charge >= 0.3 is 0 Å². The molecule has 1 atom stereocenters. The lowest BCUT2D eigenvalue weighted by Crippen LogP contribution is -2.19. The molecule has 0 spiro atoms. The van der Waals surface area contributed by atoms with Crippen LogP contribution in [0.1, 0.15) is 16.7 Å². The van der Waals surface area contributed by atoms with Gasteiger partial charge in [-0.1, -0.05) is 42.0 Å². The molecule has 0 saturated heterocycles. The van der Waals surface area contributed by atoms with Gasteiger partial charge in [0, 0.05) is 0 Å². The quantitative estimate of drug-likeness (QED) is 0.862. The summed E-state index contributed by atoms with van der Waals surface area (Å²) in [6.07, 6.45) is 1.88. The molecule has 0 bridgehead atoms. The van der Waals surface area contributed by atoms with Crippen LogP contribution >= 0.6 is 0 Å². The van der Waals surface area contributed by atoms with Gasteiger partial charge in [-0.25, -0.2) is 0 Å². The van der Waals surface area contributed by atoms with E-state index in [9.17, 15) is 5.11 Å². The highest BCUT2D eigenvalue weighted by Crippen LogP contribution is 2.17. The summed E-state index contributed by atoms with van der Waals surface area (Å²) >= 11 is 0. The molecule has 19 heavy (non-hydrogen) atoms. The van der Waals surface area contributed by atoms with Crippen LogP contribution in [0.4, 0.5) is 0 Å². The summed E-state index contributed by atoms with van der Waals surface area (Å²) in [5.41, 5.74) is 9.61. The number of phenols is 1. The van der Waals surface area contributed by atoms with Gasteiger partial charge in [0.15, 0.2) is 0 Å². The molecule has 0 aliphatic carbocycles. The van der Waals surface area contributed by atoms with E-state index in [1.54, 1.807) is 6.07 Å². The number of nitrogens with two attached hydrogens (primary N) is 1. The van der Waals surface area contributed by atoms with E-state index in [2.05, 4.69) is 31.2 Å². The highest BCUT2D eigenvalue weighted by Gasteiger charge is 2.09. The Morgan fingerprint density at radius 1 is 1.00 bits per heavy atom. The molecule has 0 amide bonds. The maximum absolute atomic E-state index is 9.49. The smallest absolute Gasteiger partial charge is 0.115 e. The minimum atomic E-state index is 0.323. The maximum Gasteiger partial charge on any atom is 0.115 e. The van der Waals surface area contributed by atoms with Crippen molar-refractivity contribution in [3.63, 3.8) is 0 Å². The predicted molar refractivity (Wildman–Crippen MR) is 79.2 cm³/mol. The third-order valence-electron chi connectivity index (χ3n) is 3.41. The van der Waals surface area contributed by atoms with Gasteiger partial charge in [-0.05, 0) is 55.5 Å². The monoisotopic (exact) mass is 255 g/mol. The van der Waals surface area contributed by atoms with Gasteiger partial charge in [-0.2, -0.15) is 0 Å². The van der Waals surface area contributed by atoms with E-state index in [-0.39, 0.29) is 0 Å². The van der Waals surface area contributed by atoms with Crippen molar-refractivity contribution in [2.24, 2.45) is 11.7 Å². The van der Waals surface area contributed by atoms with Crippen molar-refractivity contribution in [1.29, 1.82) is 0 Å². The first-order chi connectivity index (χ1) is 9.17. The second-order valence-corrected chi connectivity index (χ2v) is 5.17. The fourth-order valence-corrected chi connectivity index (χ4v) is 2.31. The second kappa shape index (κ2) is 6.39. The first-order valence-corrected chi connectivity index (χ1v) is 6.71. The van der Waals surface area contributed by atoms with Crippen LogP contribution in [0.15, 0.2) is 48.5 Å². The highest BCUT2D eigenvalue weighted by atomic mass is 16.3. The van der Waals surface area contributed by atoms with Crippen LogP contribution < -0.4 is 5.73 Å². The number of aryl methyl sites for hydroxylation is 1. The minimum absolute atomic E-state index is 0.323. The van der Waals surface area contributed by atoms with E-state index in [1.165, 1.54) is 11.1 Å². The van der Waals surface area contributed by atoms with Crippen molar-refractivity contribution in [1.82, 2.24) is 0 Å². The molecule has 0 fully saturated rings. The van der Waals surface area contributed by atoms with Crippen LogP contribution in [0, 0.1) is 12.8 Å². The first kappa shape index (κ1) is 13.6. The lowest BCUT2D eigenvalue weighted by atomic mass is 9.92. The molecule has 3 N–H and O–H groups in total. The van der Waals surface area contributed by atoms with Gasteiger partial charge in [0.1, 0.15) is 5.75 Å². The summed E-state index contributed by atoms with van der Waals surface area (Å²) in [7, 11) is 0. The van der Waals surface area contributed by atoms with E-state index >= 15 is 0 Å². The van der Waals surface area contributed by atoms with Crippen LogP contribution in [0.2, 0.25) is 0 Å². The number of benzene rings is 2. The van der Waals surface area contributed by atoms with Crippen LogP contribution in [-0.4, -0.2) is 11.7 Å². The molecule has 0 aliphatic heterocycles. The van der Waals surface area contributed by atoms with Crippen molar-refractivity contribution >= 4 is 0 Å². The van der Waals surface area contributed by atoms with E-state index in [0.29, 0.717) is 18.2 Å². The van der Waals surface area contributed by atoms with Gasteiger partial charge < -0.3 is 10.8 Å². The van der Waals surface area contributed by atoms with Crippen molar-refractivity contribution < 1.29 is 5.11 Å². The zero-order valence-electron chi connectivity index (χ0n) is 11.3. The Kier molecular flexibility index (Phi) is 4.58. The Morgan fingerprint density at radius 2 is 1.68 bits per heavy atom. The van der Waals surface area contributed by atoms with Crippen molar-refractivity contribution in [2.45, 2.75) is 19.8 Å². The Hall–Kier alpha value is -1.80. The molecule has 100 valence electrons. The van der Waals surface area contributed by atoms with Gasteiger partial charge in [0.25, 0.3) is 0 Å². The highest BCUT2D eigenvalue weighted by molar-refractivity contribution is 5.28. The molecule has 0 aromatic heterocycles. The summed E-state index contributed by atoms with van der Waals surface area (Å²) in [6.45, 7) is 2.75. The molecule has 0 aliphatic rings. The second-order valence-electron chi connectivity index (χ2n) is 5.17. The largest absolute Gasteiger partial charge is 0.508 e. The van der Waals surface area contributed by atoms with E-state index in [1.807, 2.05) is 18.2 Å². The zero-order valence-corrected chi connectivity index (χ0v) is 11.3. The SMILES string of the molecule is Cc1ccc(CC(CN)Cc2cccc(O)c2)cc1. The van der Waals surface area contributed by atoms with Gasteiger partial charge in [-0.15, -0.1) is 0 Å². The Labute approximate surface area is 114 Å².